The number of Topliss-reactive ketones (excluding diaryl/α,β-unsaturated/α-hetero) is 1. The second-order valence-electron chi connectivity index (χ2n) is 7.25. The van der Waals surface area contributed by atoms with E-state index in [1.54, 1.807) is 13.8 Å². The van der Waals surface area contributed by atoms with E-state index in [0.717, 1.165) is 0 Å². The lowest BCUT2D eigenvalue weighted by molar-refractivity contribution is -0.185. The third-order valence-electron chi connectivity index (χ3n) is 4.76. The molecule has 0 bridgehead atoms. The SMILES string of the molecule is CC1(C)OC(C)(C)C(CN2CCC(C(F)(F)F)CC2)C1=O. The van der Waals surface area contributed by atoms with Gasteiger partial charge < -0.3 is 9.64 Å². The smallest absolute Gasteiger partial charge is 0.361 e. The van der Waals surface area contributed by atoms with Crippen molar-refractivity contribution in [1.82, 2.24) is 4.90 Å². The highest BCUT2D eigenvalue weighted by molar-refractivity contribution is 5.91. The molecule has 0 amide bonds. The first kappa shape index (κ1) is 16.7. The van der Waals surface area contributed by atoms with Gasteiger partial charge in [0.05, 0.1) is 17.4 Å². The average Bonchev–Trinajstić information content (AvgIpc) is 2.47. The molecular formula is C15H24F3NO2. The number of carbonyl (C=O) groups is 1. The Balaban J connectivity index is 1.96. The van der Waals surface area contributed by atoms with Gasteiger partial charge in [-0.15, -0.1) is 0 Å². The number of halogens is 3. The predicted octanol–water partition coefficient (Wildman–Crippen LogP) is 3.03. The van der Waals surface area contributed by atoms with E-state index in [9.17, 15) is 18.0 Å². The van der Waals surface area contributed by atoms with Crippen LogP contribution in [0.4, 0.5) is 13.2 Å². The Bertz CT molecular complexity index is 410. The van der Waals surface area contributed by atoms with E-state index in [4.69, 9.17) is 4.74 Å². The van der Waals surface area contributed by atoms with Gasteiger partial charge in [0.1, 0.15) is 5.60 Å². The quantitative estimate of drug-likeness (QED) is 0.785. The maximum absolute atomic E-state index is 12.7. The lowest BCUT2D eigenvalue weighted by Crippen LogP contribution is -2.45. The fraction of sp³-hybridized carbons (Fsp3) is 0.933. The summed E-state index contributed by atoms with van der Waals surface area (Å²) >= 11 is 0. The average molecular weight is 307 g/mol. The van der Waals surface area contributed by atoms with Gasteiger partial charge in [-0.25, -0.2) is 0 Å². The van der Waals surface area contributed by atoms with E-state index in [2.05, 4.69) is 0 Å². The highest BCUT2D eigenvalue weighted by atomic mass is 19.4. The Labute approximate surface area is 123 Å². The molecule has 2 aliphatic heterocycles. The van der Waals surface area contributed by atoms with Gasteiger partial charge in [-0.1, -0.05) is 0 Å². The van der Waals surface area contributed by atoms with Crippen molar-refractivity contribution in [3.05, 3.63) is 0 Å². The normalized spacial score (nSPS) is 30.8. The number of nitrogens with zero attached hydrogens (tertiary/aromatic N) is 1. The molecule has 3 nitrogen and oxygen atoms in total. The van der Waals surface area contributed by atoms with Crippen molar-refractivity contribution in [3.8, 4) is 0 Å². The van der Waals surface area contributed by atoms with E-state index in [1.807, 2.05) is 18.7 Å². The van der Waals surface area contributed by atoms with Crippen LogP contribution >= 0.6 is 0 Å². The van der Waals surface area contributed by atoms with Crippen LogP contribution in [0.5, 0.6) is 0 Å². The third-order valence-corrected chi connectivity index (χ3v) is 4.76. The van der Waals surface area contributed by atoms with Gasteiger partial charge in [0.2, 0.25) is 0 Å². The molecule has 6 heteroatoms. The number of likely N-dealkylation sites (tertiary alicyclic amines) is 1. The van der Waals surface area contributed by atoms with Crippen LogP contribution in [0.3, 0.4) is 0 Å². The van der Waals surface area contributed by atoms with Crippen LogP contribution in [0.1, 0.15) is 40.5 Å². The van der Waals surface area contributed by atoms with Crippen LogP contribution in [0, 0.1) is 11.8 Å². The summed E-state index contributed by atoms with van der Waals surface area (Å²) in [4.78, 5) is 14.4. The molecule has 0 saturated carbocycles. The predicted molar refractivity (Wildman–Crippen MR) is 73.0 cm³/mol. The third kappa shape index (κ3) is 3.42. The number of hydrogen-bond donors (Lipinski definition) is 0. The van der Waals surface area contributed by atoms with Crippen molar-refractivity contribution in [1.29, 1.82) is 0 Å². The number of ketones is 1. The summed E-state index contributed by atoms with van der Waals surface area (Å²) in [6.45, 7) is 8.55. The Morgan fingerprint density at radius 2 is 1.71 bits per heavy atom. The van der Waals surface area contributed by atoms with Crippen LogP contribution in [0.2, 0.25) is 0 Å². The molecule has 0 aliphatic carbocycles. The molecule has 122 valence electrons. The number of piperidine rings is 1. The molecule has 21 heavy (non-hydrogen) atoms. The topological polar surface area (TPSA) is 29.5 Å². The minimum atomic E-state index is -4.10. The summed E-state index contributed by atoms with van der Waals surface area (Å²) in [6, 6.07) is 0. The Hall–Kier alpha value is -0.620. The number of carbonyl (C=O) groups excluding carboxylic acids is 1. The second kappa shape index (κ2) is 5.23. The van der Waals surface area contributed by atoms with Crippen molar-refractivity contribution in [2.24, 2.45) is 11.8 Å². The van der Waals surface area contributed by atoms with Crippen LogP contribution < -0.4 is 0 Å². The molecule has 1 atom stereocenters. The summed E-state index contributed by atoms with van der Waals surface area (Å²) in [6.07, 6.45) is -3.86. The summed E-state index contributed by atoms with van der Waals surface area (Å²) in [7, 11) is 0. The number of alkyl halides is 3. The lowest BCUT2D eigenvalue weighted by atomic mass is 9.85. The minimum Gasteiger partial charge on any atom is -0.361 e. The summed E-state index contributed by atoms with van der Waals surface area (Å²) in [5, 5.41) is 0. The Kier molecular flexibility index (Phi) is 4.17. The molecule has 2 heterocycles. The second-order valence-corrected chi connectivity index (χ2v) is 7.25. The molecular weight excluding hydrogens is 283 g/mol. The number of hydrogen-bond acceptors (Lipinski definition) is 3. The van der Waals surface area contributed by atoms with Gasteiger partial charge in [0.15, 0.2) is 5.78 Å². The van der Waals surface area contributed by atoms with Gasteiger partial charge in [-0.2, -0.15) is 13.2 Å². The number of ether oxygens (including phenoxy) is 1. The lowest BCUT2D eigenvalue weighted by Gasteiger charge is -2.36. The van der Waals surface area contributed by atoms with Gasteiger partial charge in [0.25, 0.3) is 0 Å². The van der Waals surface area contributed by atoms with E-state index in [-0.39, 0.29) is 24.5 Å². The van der Waals surface area contributed by atoms with E-state index in [0.29, 0.717) is 19.6 Å². The minimum absolute atomic E-state index is 0.0467. The van der Waals surface area contributed by atoms with E-state index in [1.165, 1.54) is 0 Å². The summed E-state index contributed by atoms with van der Waals surface area (Å²) in [5.74, 6) is -1.44. The molecule has 0 aromatic heterocycles. The largest absolute Gasteiger partial charge is 0.391 e. The molecule has 2 aliphatic rings. The van der Waals surface area contributed by atoms with Gasteiger partial charge in [-0.3, -0.25) is 4.79 Å². The van der Waals surface area contributed by atoms with Gasteiger partial charge >= 0.3 is 6.18 Å². The first-order chi connectivity index (χ1) is 9.43. The molecule has 1 unspecified atom stereocenters. The highest BCUT2D eigenvalue weighted by Crippen LogP contribution is 2.40. The zero-order chi connectivity index (χ0) is 16.1. The Morgan fingerprint density at radius 1 is 1.19 bits per heavy atom. The Morgan fingerprint density at radius 3 is 2.10 bits per heavy atom. The number of rotatable bonds is 2. The zero-order valence-corrected chi connectivity index (χ0v) is 13.1. The molecule has 0 spiro atoms. The summed E-state index contributed by atoms with van der Waals surface area (Å²) < 4.78 is 43.8. The van der Waals surface area contributed by atoms with Gasteiger partial charge in [0, 0.05) is 6.54 Å². The van der Waals surface area contributed by atoms with Crippen molar-refractivity contribution in [2.45, 2.75) is 57.9 Å². The summed E-state index contributed by atoms with van der Waals surface area (Å²) in [5.41, 5.74) is -1.38. The molecule has 2 rings (SSSR count). The fourth-order valence-corrected chi connectivity index (χ4v) is 3.52. The van der Waals surface area contributed by atoms with Crippen LogP contribution in [0.15, 0.2) is 0 Å². The monoisotopic (exact) mass is 307 g/mol. The first-order valence-electron chi connectivity index (χ1n) is 7.47. The van der Waals surface area contributed by atoms with Crippen molar-refractivity contribution < 1.29 is 22.7 Å². The molecule has 0 aromatic carbocycles. The fourth-order valence-electron chi connectivity index (χ4n) is 3.52. The maximum atomic E-state index is 12.7. The molecule has 0 N–H and O–H groups in total. The van der Waals surface area contributed by atoms with Gasteiger partial charge in [-0.05, 0) is 53.6 Å². The van der Waals surface area contributed by atoms with Crippen molar-refractivity contribution >= 4 is 5.78 Å². The van der Waals surface area contributed by atoms with Crippen molar-refractivity contribution in [3.63, 3.8) is 0 Å². The highest BCUT2D eigenvalue weighted by Gasteiger charge is 2.53. The zero-order valence-electron chi connectivity index (χ0n) is 13.1. The first-order valence-corrected chi connectivity index (χ1v) is 7.47. The maximum Gasteiger partial charge on any atom is 0.391 e. The molecule has 0 radical (unpaired) electrons. The molecule has 2 fully saturated rings. The van der Waals surface area contributed by atoms with Crippen LogP contribution in [0.25, 0.3) is 0 Å². The standard InChI is InChI=1S/C15H24F3NO2/c1-13(2)11(12(20)14(3,4)21-13)9-19-7-5-10(6-8-19)15(16,17)18/h10-11H,5-9H2,1-4H3. The van der Waals surface area contributed by atoms with E-state index >= 15 is 0 Å². The molecule has 2 saturated heterocycles. The van der Waals surface area contributed by atoms with E-state index < -0.39 is 23.3 Å². The van der Waals surface area contributed by atoms with Crippen LogP contribution in [-0.4, -0.2) is 47.7 Å². The molecule has 0 aromatic rings. The van der Waals surface area contributed by atoms with Crippen molar-refractivity contribution in [2.75, 3.05) is 19.6 Å². The van der Waals surface area contributed by atoms with Crippen LogP contribution in [-0.2, 0) is 9.53 Å².